The van der Waals surface area contributed by atoms with E-state index < -0.39 is 0 Å². The second-order valence-corrected chi connectivity index (χ2v) is 6.13. The summed E-state index contributed by atoms with van der Waals surface area (Å²) in [5.74, 6) is 0.874. The van der Waals surface area contributed by atoms with Crippen LogP contribution in [-0.4, -0.2) is 20.2 Å². The van der Waals surface area contributed by atoms with E-state index in [9.17, 15) is 0 Å². The fourth-order valence-electron chi connectivity index (χ4n) is 2.65. The van der Waals surface area contributed by atoms with Gasteiger partial charge in [0.05, 0.1) is 12.5 Å². The van der Waals surface area contributed by atoms with Crippen molar-refractivity contribution in [1.82, 2.24) is 14.1 Å². The Kier molecular flexibility index (Phi) is 5.08. The number of hydrogen-bond acceptors (Lipinski definition) is 3. The molecule has 0 aliphatic heterocycles. The van der Waals surface area contributed by atoms with Gasteiger partial charge in [-0.25, -0.2) is 4.57 Å². The molecule has 2 atom stereocenters. The average molecular weight is 325 g/mol. The minimum atomic E-state index is -0.0506. The maximum absolute atomic E-state index is 6.28. The molecule has 1 aromatic carbocycles. The number of imidazole rings is 2. The molecule has 0 spiro atoms. The number of aromatic nitrogens is 4. The van der Waals surface area contributed by atoms with E-state index in [1.165, 1.54) is 0 Å². The quantitative estimate of drug-likeness (QED) is 0.645. The van der Waals surface area contributed by atoms with Gasteiger partial charge in [-0.1, -0.05) is 37.3 Å². The SMILES string of the molecule is CCC(N)C[n+]1ccn(-c2cn(CC(N)c3ccccc3)cn2)c1. The Hall–Kier alpha value is -2.44. The molecule has 0 fully saturated rings. The van der Waals surface area contributed by atoms with Crippen LogP contribution >= 0.6 is 0 Å². The molecule has 6 nitrogen and oxygen atoms in total. The van der Waals surface area contributed by atoms with Crippen molar-refractivity contribution < 1.29 is 4.57 Å². The third-order valence-electron chi connectivity index (χ3n) is 4.18. The van der Waals surface area contributed by atoms with Crippen molar-refractivity contribution in [2.75, 3.05) is 0 Å². The molecular formula is C18H25N6+. The Morgan fingerprint density at radius 2 is 2.00 bits per heavy atom. The molecule has 4 N–H and O–H groups in total. The monoisotopic (exact) mass is 325 g/mol. The lowest BCUT2D eigenvalue weighted by molar-refractivity contribution is -0.698. The van der Waals surface area contributed by atoms with Gasteiger partial charge in [0.15, 0.2) is 0 Å². The molecule has 0 bridgehead atoms. The van der Waals surface area contributed by atoms with Crippen molar-refractivity contribution in [3.63, 3.8) is 0 Å². The number of rotatable bonds is 7. The summed E-state index contributed by atoms with van der Waals surface area (Å²) in [6.45, 7) is 3.60. The second kappa shape index (κ2) is 7.42. The summed E-state index contributed by atoms with van der Waals surface area (Å²) in [4.78, 5) is 4.47. The predicted octanol–water partition coefficient (Wildman–Crippen LogP) is 1.40. The van der Waals surface area contributed by atoms with Crippen molar-refractivity contribution >= 4 is 0 Å². The van der Waals surface area contributed by atoms with Gasteiger partial charge >= 0.3 is 0 Å². The van der Waals surface area contributed by atoms with Gasteiger partial charge in [-0.3, -0.25) is 0 Å². The Morgan fingerprint density at radius 1 is 1.21 bits per heavy atom. The van der Waals surface area contributed by atoms with Crippen molar-refractivity contribution in [2.24, 2.45) is 11.5 Å². The Balaban J connectivity index is 1.67. The van der Waals surface area contributed by atoms with Gasteiger partial charge in [0, 0.05) is 18.6 Å². The van der Waals surface area contributed by atoms with Gasteiger partial charge in [0.25, 0.3) is 0 Å². The minimum absolute atomic E-state index is 0.0506. The fourth-order valence-corrected chi connectivity index (χ4v) is 2.65. The smallest absolute Gasteiger partial charge is 0.250 e. The first-order valence-electron chi connectivity index (χ1n) is 8.31. The van der Waals surface area contributed by atoms with E-state index in [2.05, 4.69) is 16.5 Å². The normalized spacial score (nSPS) is 13.8. The highest BCUT2D eigenvalue weighted by Crippen LogP contribution is 2.13. The summed E-state index contributed by atoms with van der Waals surface area (Å²) in [5.41, 5.74) is 13.4. The molecule has 0 aliphatic carbocycles. The van der Waals surface area contributed by atoms with Gasteiger partial charge in [-0.15, -0.1) is 0 Å². The lowest BCUT2D eigenvalue weighted by atomic mass is 10.1. The van der Waals surface area contributed by atoms with Crippen LogP contribution in [0.2, 0.25) is 0 Å². The lowest BCUT2D eigenvalue weighted by Gasteiger charge is -2.11. The van der Waals surface area contributed by atoms with E-state index in [0.29, 0.717) is 6.54 Å². The van der Waals surface area contributed by atoms with Crippen LogP contribution in [0.5, 0.6) is 0 Å². The number of nitrogens with zero attached hydrogens (tertiary/aromatic N) is 4. The summed E-state index contributed by atoms with van der Waals surface area (Å²) in [6, 6.07) is 10.2. The standard InChI is InChI=1S/C18H25N6/c1-2-16(19)10-22-8-9-24(14-22)18-12-23(13-21-18)11-17(20)15-6-4-3-5-7-15/h3-9,12-14,16-17H,2,10-11,19-20H2,1H3/q+1. The highest BCUT2D eigenvalue weighted by molar-refractivity contribution is 5.20. The highest BCUT2D eigenvalue weighted by Gasteiger charge is 2.13. The zero-order chi connectivity index (χ0) is 16.9. The van der Waals surface area contributed by atoms with Gasteiger partial charge in [-0.05, 0) is 12.0 Å². The number of hydrogen-bond donors (Lipinski definition) is 2. The summed E-state index contributed by atoms with van der Waals surface area (Å²) >= 11 is 0. The topological polar surface area (TPSA) is 78.7 Å². The van der Waals surface area contributed by atoms with Crippen molar-refractivity contribution in [3.8, 4) is 5.82 Å². The Morgan fingerprint density at radius 3 is 2.75 bits per heavy atom. The molecule has 3 aromatic rings. The lowest BCUT2D eigenvalue weighted by Crippen LogP contribution is -2.41. The molecule has 24 heavy (non-hydrogen) atoms. The molecule has 0 radical (unpaired) electrons. The Labute approximate surface area is 142 Å². The first-order valence-corrected chi connectivity index (χ1v) is 8.31. The molecule has 0 saturated carbocycles. The molecule has 2 aromatic heterocycles. The summed E-state index contributed by atoms with van der Waals surface area (Å²) in [7, 11) is 0. The molecule has 3 rings (SSSR count). The largest absolute Gasteiger partial charge is 0.331 e. The second-order valence-electron chi connectivity index (χ2n) is 6.13. The maximum Gasteiger partial charge on any atom is 0.250 e. The van der Waals surface area contributed by atoms with Crippen LogP contribution < -0.4 is 16.0 Å². The van der Waals surface area contributed by atoms with Crippen LogP contribution in [0, 0.1) is 0 Å². The van der Waals surface area contributed by atoms with Gasteiger partial charge in [0.1, 0.15) is 18.9 Å². The van der Waals surface area contributed by atoms with Crippen LogP contribution in [0.25, 0.3) is 5.82 Å². The van der Waals surface area contributed by atoms with Crippen LogP contribution in [-0.2, 0) is 13.1 Å². The third kappa shape index (κ3) is 3.90. The van der Waals surface area contributed by atoms with E-state index in [1.807, 2.05) is 70.7 Å². The van der Waals surface area contributed by atoms with Crippen molar-refractivity contribution in [2.45, 2.75) is 38.5 Å². The first kappa shape index (κ1) is 16.4. The van der Waals surface area contributed by atoms with Crippen LogP contribution in [0.15, 0.2) is 61.6 Å². The van der Waals surface area contributed by atoms with Crippen molar-refractivity contribution in [1.29, 1.82) is 0 Å². The molecular weight excluding hydrogens is 300 g/mol. The predicted molar refractivity (Wildman–Crippen MR) is 93.4 cm³/mol. The zero-order valence-electron chi connectivity index (χ0n) is 14.0. The molecule has 126 valence electrons. The first-order chi connectivity index (χ1) is 11.7. The van der Waals surface area contributed by atoms with E-state index in [0.717, 1.165) is 24.3 Å². The van der Waals surface area contributed by atoms with Gasteiger partial charge in [0.2, 0.25) is 12.1 Å². The maximum atomic E-state index is 6.28. The molecule has 0 aliphatic rings. The number of benzene rings is 1. The fraction of sp³-hybridized carbons (Fsp3) is 0.333. The Bertz CT molecular complexity index is 761. The van der Waals surface area contributed by atoms with Crippen LogP contribution in [0.4, 0.5) is 0 Å². The summed E-state index contributed by atoms with van der Waals surface area (Å²) in [5, 5.41) is 0. The molecule has 0 saturated heterocycles. The molecule has 2 unspecified atom stereocenters. The van der Waals surface area contributed by atoms with Crippen LogP contribution in [0.3, 0.4) is 0 Å². The van der Waals surface area contributed by atoms with E-state index >= 15 is 0 Å². The third-order valence-corrected chi connectivity index (χ3v) is 4.18. The molecule has 6 heteroatoms. The van der Waals surface area contributed by atoms with Crippen LogP contribution in [0.1, 0.15) is 24.9 Å². The number of nitrogens with two attached hydrogens (primary N) is 2. The summed E-state index contributed by atoms with van der Waals surface area (Å²) in [6.07, 6.45) is 10.8. The van der Waals surface area contributed by atoms with E-state index in [1.54, 1.807) is 0 Å². The van der Waals surface area contributed by atoms with Gasteiger partial charge < -0.3 is 16.0 Å². The zero-order valence-corrected chi connectivity index (χ0v) is 14.0. The molecule has 0 amide bonds. The van der Waals surface area contributed by atoms with Crippen molar-refractivity contribution in [3.05, 3.63) is 67.1 Å². The average Bonchev–Trinajstić information content (AvgIpc) is 3.25. The van der Waals surface area contributed by atoms with E-state index in [4.69, 9.17) is 11.5 Å². The minimum Gasteiger partial charge on any atom is -0.331 e. The molecule has 2 heterocycles. The van der Waals surface area contributed by atoms with Gasteiger partial charge in [-0.2, -0.15) is 9.55 Å². The summed E-state index contributed by atoms with van der Waals surface area (Å²) < 4.78 is 6.10. The van der Waals surface area contributed by atoms with E-state index in [-0.39, 0.29) is 12.1 Å². The highest BCUT2D eigenvalue weighted by atomic mass is 15.2.